The molecule has 0 aromatic heterocycles. The van der Waals surface area contributed by atoms with E-state index >= 15 is 0 Å². The van der Waals surface area contributed by atoms with E-state index in [1.54, 1.807) is 0 Å². The Bertz CT molecular complexity index is 1660. The zero-order valence-electron chi connectivity index (χ0n) is 44.4. The van der Waals surface area contributed by atoms with Crippen LogP contribution in [-0.2, 0) is 32.7 Å². The fourth-order valence-corrected chi connectivity index (χ4v) is 7.52. The molecule has 10 heteroatoms. The van der Waals surface area contributed by atoms with E-state index in [2.05, 4.69) is 160 Å². The Balaban J connectivity index is 4.07. The monoisotopic (exact) mass is 1000 g/mol. The lowest BCUT2D eigenvalue weighted by atomic mass is 10.1. The SMILES string of the molecule is CC/C=C\C/C=C\C/C=C\C/C=C\C/C=C\C/C=C\C/C=C\C/C=C\C/C=C\CCCCCCCCCC(=O)OC(COC(=O)CCCCCCC/C=C\C/C=C\C/C=C\CC)COP(=O)(O)OCCN. The summed E-state index contributed by atoms with van der Waals surface area (Å²) in [4.78, 5) is 35.1. The highest BCUT2D eigenvalue weighted by atomic mass is 31.2. The number of phosphoric ester groups is 1. The molecule has 0 rings (SSSR count). The van der Waals surface area contributed by atoms with E-state index in [0.29, 0.717) is 12.8 Å². The summed E-state index contributed by atoms with van der Waals surface area (Å²) in [6.07, 6.45) is 79.0. The maximum atomic E-state index is 12.7. The van der Waals surface area contributed by atoms with Crippen LogP contribution >= 0.6 is 7.82 Å². The van der Waals surface area contributed by atoms with Gasteiger partial charge in [-0.2, -0.15) is 0 Å². The number of unbranched alkanes of at least 4 members (excludes halogenated alkanes) is 12. The molecule has 0 heterocycles. The normalized spacial score (nSPS) is 14.3. The largest absolute Gasteiger partial charge is 0.472 e. The number of hydrogen-bond donors (Lipinski definition) is 2. The van der Waals surface area contributed by atoms with Crippen molar-refractivity contribution in [2.45, 2.75) is 200 Å². The second-order valence-corrected chi connectivity index (χ2v) is 18.8. The van der Waals surface area contributed by atoms with Gasteiger partial charge in [-0.15, -0.1) is 0 Å². The fraction of sp³-hybridized carbons (Fsp3) is 0.574. The van der Waals surface area contributed by atoms with Gasteiger partial charge in [-0.05, 0) is 116 Å². The number of carbonyl (C=O) groups excluding carboxylic acids is 2. The highest BCUT2D eigenvalue weighted by Crippen LogP contribution is 2.43. The van der Waals surface area contributed by atoms with Gasteiger partial charge in [0.25, 0.3) is 0 Å². The molecule has 0 aliphatic heterocycles. The Hall–Kier alpha value is -4.11. The predicted octanol–water partition coefficient (Wildman–Crippen LogP) is 17.2. The molecule has 0 aromatic rings. The summed E-state index contributed by atoms with van der Waals surface area (Å²) in [7, 11) is -4.40. The van der Waals surface area contributed by atoms with Gasteiger partial charge in [0.05, 0.1) is 13.2 Å². The van der Waals surface area contributed by atoms with E-state index in [4.69, 9.17) is 24.3 Å². The van der Waals surface area contributed by atoms with Crippen LogP contribution in [0.2, 0.25) is 0 Å². The van der Waals surface area contributed by atoms with Crippen LogP contribution in [0.3, 0.4) is 0 Å². The van der Waals surface area contributed by atoms with Gasteiger partial charge in [0.15, 0.2) is 6.10 Å². The third kappa shape index (κ3) is 55.1. The summed E-state index contributed by atoms with van der Waals surface area (Å²) in [6.45, 7) is 3.45. The summed E-state index contributed by atoms with van der Waals surface area (Å²) < 4.78 is 32.9. The number of esters is 2. The van der Waals surface area contributed by atoms with Gasteiger partial charge in [-0.1, -0.05) is 211 Å². The molecular formula is C61H98NO8P. The third-order valence-electron chi connectivity index (χ3n) is 10.7. The number of phosphoric acid groups is 1. The van der Waals surface area contributed by atoms with Gasteiger partial charge >= 0.3 is 19.8 Å². The van der Waals surface area contributed by atoms with Crippen LogP contribution in [-0.4, -0.2) is 49.3 Å². The van der Waals surface area contributed by atoms with E-state index in [1.165, 1.54) is 12.8 Å². The number of ether oxygens (including phenoxy) is 2. The molecule has 0 aromatic carbocycles. The Labute approximate surface area is 433 Å². The zero-order chi connectivity index (χ0) is 51.7. The lowest BCUT2D eigenvalue weighted by Crippen LogP contribution is -2.29. The summed E-state index contributed by atoms with van der Waals surface area (Å²) in [6, 6.07) is 0. The van der Waals surface area contributed by atoms with Crippen LogP contribution in [0.1, 0.15) is 194 Å². The number of nitrogens with two attached hydrogens (primary N) is 1. The van der Waals surface area contributed by atoms with E-state index in [0.717, 1.165) is 141 Å². The molecule has 0 fully saturated rings. The van der Waals surface area contributed by atoms with E-state index < -0.39 is 32.5 Å². The van der Waals surface area contributed by atoms with Crippen molar-refractivity contribution in [3.05, 3.63) is 146 Å². The van der Waals surface area contributed by atoms with Crippen LogP contribution in [0.5, 0.6) is 0 Å². The van der Waals surface area contributed by atoms with Gasteiger partial charge in [-0.25, -0.2) is 4.57 Å². The number of carbonyl (C=O) groups is 2. The first-order chi connectivity index (χ1) is 34.8. The molecule has 9 nitrogen and oxygen atoms in total. The van der Waals surface area contributed by atoms with Crippen molar-refractivity contribution < 1.29 is 37.6 Å². The molecule has 0 spiro atoms. The Morgan fingerprint density at radius 3 is 1.08 bits per heavy atom. The Kier molecular flexibility index (Phi) is 52.0. The van der Waals surface area contributed by atoms with Gasteiger partial charge in [0.1, 0.15) is 6.61 Å². The molecule has 71 heavy (non-hydrogen) atoms. The molecule has 0 bridgehead atoms. The quantitative estimate of drug-likeness (QED) is 0.0264. The van der Waals surface area contributed by atoms with Crippen molar-refractivity contribution in [2.75, 3.05) is 26.4 Å². The summed E-state index contributed by atoms with van der Waals surface area (Å²) >= 11 is 0. The molecule has 0 radical (unpaired) electrons. The minimum absolute atomic E-state index is 0.0407. The van der Waals surface area contributed by atoms with Crippen LogP contribution in [0.15, 0.2) is 146 Å². The first-order valence-electron chi connectivity index (χ1n) is 27.3. The van der Waals surface area contributed by atoms with E-state index in [9.17, 15) is 19.0 Å². The highest BCUT2D eigenvalue weighted by molar-refractivity contribution is 7.47. The van der Waals surface area contributed by atoms with Gasteiger partial charge in [0, 0.05) is 19.4 Å². The zero-order valence-corrected chi connectivity index (χ0v) is 45.3. The number of rotatable bonds is 49. The highest BCUT2D eigenvalue weighted by Gasteiger charge is 2.26. The smallest absolute Gasteiger partial charge is 0.462 e. The topological polar surface area (TPSA) is 134 Å². The first-order valence-corrected chi connectivity index (χ1v) is 28.8. The molecule has 2 unspecified atom stereocenters. The molecule has 0 aliphatic carbocycles. The van der Waals surface area contributed by atoms with Gasteiger partial charge < -0.3 is 20.1 Å². The minimum Gasteiger partial charge on any atom is -0.462 e. The Morgan fingerprint density at radius 2 is 0.732 bits per heavy atom. The van der Waals surface area contributed by atoms with E-state index in [1.807, 2.05) is 0 Å². The molecule has 0 amide bonds. The van der Waals surface area contributed by atoms with Crippen molar-refractivity contribution >= 4 is 19.8 Å². The van der Waals surface area contributed by atoms with E-state index in [-0.39, 0.29) is 32.6 Å². The lowest BCUT2D eigenvalue weighted by molar-refractivity contribution is -0.161. The van der Waals surface area contributed by atoms with Crippen LogP contribution in [0.4, 0.5) is 0 Å². The molecule has 0 aliphatic rings. The third-order valence-corrected chi connectivity index (χ3v) is 11.7. The molecule has 0 saturated heterocycles. The molecule has 0 saturated carbocycles. The second kappa shape index (κ2) is 55.2. The minimum atomic E-state index is -4.40. The standard InChI is InChI=1S/C61H98NO8P/c1-3-5-7-9-11-13-15-17-19-20-21-22-23-24-25-26-27-28-29-30-31-32-33-34-35-36-37-38-40-42-44-46-48-50-52-54-61(64)70-59(58-69-71(65,66)68-56-55-62)57-67-60(63)53-51-49-47-45-43-41-39-18-16-14-12-10-8-6-4-2/h5-8,11-14,17-19,21-22,24-25,27-28,30-31,33-34,36-37,39,59H,3-4,9-10,15-16,20,23,26,29,32,35,38,40-58,62H2,1-2H3,(H,65,66)/b7-5-,8-6-,13-11-,14-12-,19-17-,22-21-,25-24-,28-27-,31-30-,34-33-,37-36-,39-18-. The molecular weight excluding hydrogens is 906 g/mol. The predicted molar refractivity (Wildman–Crippen MR) is 302 cm³/mol. The van der Waals surface area contributed by atoms with Crippen molar-refractivity contribution in [3.8, 4) is 0 Å². The van der Waals surface area contributed by atoms with Crippen molar-refractivity contribution in [1.29, 1.82) is 0 Å². The summed E-state index contributed by atoms with van der Waals surface area (Å²) in [5.41, 5.74) is 5.37. The first kappa shape index (κ1) is 66.9. The van der Waals surface area contributed by atoms with Crippen molar-refractivity contribution in [1.82, 2.24) is 0 Å². The number of allylic oxidation sites excluding steroid dienone is 24. The maximum absolute atomic E-state index is 12.7. The number of hydrogen-bond acceptors (Lipinski definition) is 8. The fourth-order valence-electron chi connectivity index (χ4n) is 6.76. The van der Waals surface area contributed by atoms with Crippen LogP contribution in [0.25, 0.3) is 0 Å². The lowest BCUT2D eigenvalue weighted by Gasteiger charge is -2.19. The summed E-state index contributed by atoms with van der Waals surface area (Å²) in [5, 5.41) is 0. The van der Waals surface area contributed by atoms with Crippen LogP contribution < -0.4 is 5.73 Å². The average molecular weight is 1000 g/mol. The van der Waals surface area contributed by atoms with Crippen molar-refractivity contribution in [3.63, 3.8) is 0 Å². The molecule has 400 valence electrons. The van der Waals surface area contributed by atoms with Crippen molar-refractivity contribution in [2.24, 2.45) is 5.73 Å². The molecule has 3 N–H and O–H groups in total. The second-order valence-electron chi connectivity index (χ2n) is 17.3. The van der Waals surface area contributed by atoms with Gasteiger partial charge in [-0.3, -0.25) is 18.6 Å². The van der Waals surface area contributed by atoms with Gasteiger partial charge in [0.2, 0.25) is 0 Å². The average Bonchev–Trinajstić information content (AvgIpc) is 3.36. The summed E-state index contributed by atoms with van der Waals surface area (Å²) in [5.74, 6) is -0.874. The van der Waals surface area contributed by atoms with Crippen LogP contribution in [0, 0.1) is 0 Å². The molecule has 2 atom stereocenters. The Morgan fingerprint density at radius 1 is 0.423 bits per heavy atom. The maximum Gasteiger partial charge on any atom is 0.472 e.